The number of aliphatic imine (C=N–C) groups is 1. The third kappa shape index (κ3) is 5.59. The Bertz CT molecular complexity index is 1340. The van der Waals surface area contributed by atoms with E-state index in [2.05, 4.69) is 32.1 Å². The van der Waals surface area contributed by atoms with Gasteiger partial charge < -0.3 is 14.8 Å². The van der Waals surface area contributed by atoms with E-state index in [1.54, 1.807) is 36.4 Å². The minimum absolute atomic E-state index is 0.0773. The highest BCUT2D eigenvalue weighted by Crippen LogP contribution is 2.38. The average molecular weight is 513 g/mol. The molecule has 0 saturated carbocycles. The van der Waals surface area contributed by atoms with Gasteiger partial charge in [0, 0.05) is 19.6 Å². The van der Waals surface area contributed by atoms with Gasteiger partial charge in [-0.1, -0.05) is 54.1 Å². The summed E-state index contributed by atoms with van der Waals surface area (Å²) in [7, 11) is -3.82. The zero-order chi connectivity index (χ0) is 24.3. The van der Waals surface area contributed by atoms with Crippen LogP contribution < -0.4 is 14.8 Å². The second-order valence-corrected chi connectivity index (χ2v) is 10.3. The molecular weight excluding hydrogens is 488 g/mol. The molecule has 2 aliphatic rings. The van der Waals surface area contributed by atoms with Crippen molar-refractivity contribution >= 4 is 33.3 Å². The Balaban J connectivity index is 1.32. The second-order valence-electron chi connectivity index (χ2n) is 8.26. The van der Waals surface area contributed by atoms with E-state index in [-0.39, 0.29) is 10.9 Å². The van der Waals surface area contributed by atoms with Gasteiger partial charge in [0.2, 0.25) is 5.96 Å². The summed E-state index contributed by atoms with van der Waals surface area (Å²) < 4.78 is 39.6. The molecule has 0 unspecified atom stereocenters. The van der Waals surface area contributed by atoms with Crippen molar-refractivity contribution in [3.8, 4) is 11.5 Å². The molecule has 0 aliphatic carbocycles. The first-order chi connectivity index (χ1) is 17.0. The van der Waals surface area contributed by atoms with Crippen molar-refractivity contribution in [2.24, 2.45) is 4.99 Å². The van der Waals surface area contributed by atoms with Crippen LogP contribution in [-0.2, 0) is 27.8 Å². The van der Waals surface area contributed by atoms with Crippen LogP contribution in [-0.4, -0.2) is 45.6 Å². The fourth-order valence-electron chi connectivity index (χ4n) is 3.93. The highest BCUT2D eigenvalue weighted by Gasteiger charge is 2.29. The van der Waals surface area contributed by atoms with Gasteiger partial charge in [0.1, 0.15) is 16.3 Å². The Hall–Kier alpha value is -3.11. The molecule has 0 radical (unpaired) electrons. The van der Waals surface area contributed by atoms with Gasteiger partial charge in [0.15, 0.2) is 5.75 Å². The van der Waals surface area contributed by atoms with E-state index in [1.165, 1.54) is 11.6 Å². The number of hydrogen-bond donors (Lipinski definition) is 2. The van der Waals surface area contributed by atoms with E-state index in [9.17, 15) is 8.42 Å². The van der Waals surface area contributed by atoms with Crippen molar-refractivity contribution in [1.82, 2.24) is 9.62 Å². The molecule has 1 fully saturated rings. The number of morpholine rings is 1. The van der Waals surface area contributed by atoms with Crippen molar-refractivity contribution < 1.29 is 17.9 Å². The van der Waals surface area contributed by atoms with Gasteiger partial charge in [0.05, 0.1) is 24.8 Å². The summed E-state index contributed by atoms with van der Waals surface area (Å²) in [5.41, 5.74) is 2.50. The van der Waals surface area contributed by atoms with E-state index in [4.69, 9.17) is 21.1 Å². The van der Waals surface area contributed by atoms with E-state index < -0.39 is 10.0 Å². The number of guanidine groups is 1. The van der Waals surface area contributed by atoms with Gasteiger partial charge in [-0.2, -0.15) is 0 Å². The first kappa shape index (κ1) is 23.6. The van der Waals surface area contributed by atoms with Crippen LogP contribution in [0.15, 0.2) is 76.6 Å². The molecular formula is C25H25ClN4O4S. The maximum Gasteiger partial charge on any atom is 0.266 e. The fourth-order valence-corrected chi connectivity index (χ4v) is 5.26. The molecule has 0 atom stereocenters. The Labute approximate surface area is 209 Å². The Kier molecular flexibility index (Phi) is 6.92. The molecule has 0 spiro atoms. The molecule has 5 rings (SSSR count). The van der Waals surface area contributed by atoms with Crippen LogP contribution >= 0.6 is 11.6 Å². The quantitative estimate of drug-likeness (QED) is 0.513. The predicted molar refractivity (Wildman–Crippen MR) is 136 cm³/mol. The lowest BCUT2D eigenvalue weighted by molar-refractivity contribution is 0.0342. The molecule has 182 valence electrons. The van der Waals surface area contributed by atoms with Crippen molar-refractivity contribution in [2.75, 3.05) is 31.6 Å². The van der Waals surface area contributed by atoms with Gasteiger partial charge in [-0.25, -0.2) is 18.1 Å². The molecule has 3 aromatic rings. The Morgan fingerprint density at radius 2 is 1.66 bits per heavy atom. The molecule has 10 heteroatoms. The number of sulfonamides is 1. The van der Waals surface area contributed by atoms with Crippen LogP contribution in [0.25, 0.3) is 0 Å². The van der Waals surface area contributed by atoms with E-state index in [0.717, 1.165) is 38.4 Å². The van der Waals surface area contributed by atoms with Crippen molar-refractivity contribution in [2.45, 2.75) is 18.0 Å². The van der Waals surface area contributed by atoms with E-state index in [0.29, 0.717) is 28.8 Å². The summed E-state index contributed by atoms with van der Waals surface area (Å²) >= 11 is 6.22. The molecule has 1 saturated heterocycles. The smallest absolute Gasteiger partial charge is 0.266 e. The topological polar surface area (TPSA) is 92.3 Å². The lowest BCUT2D eigenvalue weighted by atomic mass is 10.1. The van der Waals surface area contributed by atoms with Crippen LogP contribution in [0, 0.1) is 0 Å². The van der Waals surface area contributed by atoms with Gasteiger partial charge in [-0.05, 0) is 35.4 Å². The minimum atomic E-state index is -3.82. The molecule has 2 aliphatic heterocycles. The Morgan fingerprint density at radius 3 is 2.43 bits per heavy atom. The SMILES string of the molecule is O=S1(=O)NC(=NCc2ccc(CN3CCOCC3)cc2)Nc2c(Oc3ccccc3Cl)cccc21. The van der Waals surface area contributed by atoms with Crippen LogP contribution in [0.2, 0.25) is 5.02 Å². The number of fused-ring (bicyclic) bond motifs is 1. The van der Waals surface area contributed by atoms with Crippen molar-refractivity contribution in [1.29, 1.82) is 0 Å². The largest absolute Gasteiger partial charge is 0.454 e. The molecule has 0 bridgehead atoms. The van der Waals surface area contributed by atoms with E-state index >= 15 is 0 Å². The van der Waals surface area contributed by atoms with Crippen LogP contribution in [0.3, 0.4) is 0 Å². The number of para-hydroxylation sites is 2. The summed E-state index contributed by atoms with van der Waals surface area (Å²) in [4.78, 5) is 6.90. The van der Waals surface area contributed by atoms with Crippen LogP contribution in [0.4, 0.5) is 5.69 Å². The van der Waals surface area contributed by atoms with Crippen molar-refractivity contribution in [3.05, 3.63) is 82.9 Å². The lowest BCUT2D eigenvalue weighted by Crippen LogP contribution is -2.40. The first-order valence-electron chi connectivity index (χ1n) is 11.3. The number of nitrogens with zero attached hydrogens (tertiary/aromatic N) is 2. The standard InChI is InChI=1S/C25H25ClN4O4S/c26-20-4-1-2-5-21(20)34-22-6-3-7-23-24(22)28-25(29-35(23,31)32)27-16-18-8-10-19(11-9-18)17-30-12-14-33-15-13-30/h1-11H,12-17H2,(H2,27,28,29). The molecule has 8 nitrogen and oxygen atoms in total. The molecule has 3 aromatic carbocycles. The van der Waals surface area contributed by atoms with Crippen LogP contribution in [0.1, 0.15) is 11.1 Å². The number of benzene rings is 3. The average Bonchev–Trinajstić information content (AvgIpc) is 2.86. The lowest BCUT2D eigenvalue weighted by Gasteiger charge is -2.26. The summed E-state index contributed by atoms with van der Waals surface area (Å²) in [5, 5.41) is 3.49. The van der Waals surface area contributed by atoms with Crippen LogP contribution in [0.5, 0.6) is 11.5 Å². The number of nitrogens with one attached hydrogen (secondary N) is 2. The summed E-state index contributed by atoms with van der Waals surface area (Å²) in [5.74, 6) is 0.891. The minimum Gasteiger partial charge on any atom is -0.454 e. The van der Waals surface area contributed by atoms with Gasteiger partial charge in [-0.15, -0.1) is 0 Å². The normalized spacial score (nSPS) is 18.4. The maximum absolute atomic E-state index is 12.9. The molecule has 0 aromatic heterocycles. The highest BCUT2D eigenvalue weighted by molar-refractivity contribution is 7.90. The molecule has 2 heterocycles. The summed E-state index contributed by atoms with van der Waals surface area (Å²) in [6.45, 7) is 4.60. The van der Waals surface area contributed by atoms with Gasteiger partial charge in [-0.3, -0.25) is 4.90 Å². The second kappa shape index (κ2) is 10.2. The summed E-state index contributed by atoms with van der Waals surface area (Å²) in [6, 6.07) is 20.0. The van der Waals surface area contributed by atoms with Gasteiger partial charge in [0.25, 0.3) is 10.0 Å². The summed E-state index contributed by atoms with van der Waals surface area (Å²) in [6.07, 6.45) is 0. The fraction of sp³-hybridized carbons (Fsp3) is 0.240. The predicted octanol–water partition coefficient (Wildman–Crippen LogP) is 4.22. The zero-order valence-corrected chi connectivity index (χ0v) is 20.5. The number of halogens is 1. The molecule has 35 heavy (non-hydrogen) atoms. The highest BCUT2D eigenvalue weighted by atomic mass is 35.5. The number of anilines is 1. The molecule has 2 N–H and O–H groups in total. The number of hydrogen-bond acceptors (Lipinski definition) is 6. The third-order valence-electron chi connectivity index (χ3n) is 5.76. The molecule has 0 amide bonds. The first-order valence-corrected chi connectivity index (χ1v) is 13.1. The zero-order valence-electron chi connectivity index (χ0n) is 18.9. The van der Waals surface area contributed by atoms with E-state index in [1.807, 2.05) is 12.1 Å². The number of ether oxygens (including phenoxy) is 2. The number of rotatable bonds is 6. The maximum atomic E-state index is 12.9. The Morgan fingerprint density at radius 1 is 0.943 bits per heavy atom. The van der Waals surface area contributed by atoms with Crippen molar-refractivity contribution in [3.63, 3.8) is 0 Å². The van der Waals surface area contributed by atoms with Gasteiger partial charge >= 0.3 is 0 Å². The monoisotopic (exact) mass is 512 g/mol. The third-order valence-corrected chi connectivity index (χ3v) is 7.45.